The number of benzene rings is 1. The third-order valence-corrected chi connectivity index (χ3v) is 10.4. The van der Waals surface area contributed by atoms with Gasteiger partial charge in [0, 0.05) is 62.8 Å². The zero-order chi connectivity index (χ0) is 29.1. The van der Waals surface area contributed by atoms with Crippen LogP contribution in [0, 0.1) is 34.5 Å². The van der Waals surface area contributed by atoms with Crippen LogP contribution in [0.25, 0.3) is 0 Å². The Kier molecular flexibility index (Phi) is 6.41. The highest BCUT2D eigenvalue weighted by atomic mass is 16.2. The number of hydrogen-bond donors (Lipinski definition) is 0. The molecule has 0 unspecified atom stereocenters. The normalized spacial score (nSPS) is 27.4. The average molecular weight is 564 g/mol. The molecule has 0 saturated heterocycles. The van der Waals surface area contributed by atoms with Crippen molar-refractivity contribution in [1.29, 1.82) is 5.26 Å². The van der Waals surface area contributed by atoms with Crippen molar-refractivity contribution in [3.63, 3.8) is 0 Å². The van der Waals surface area contributed by atoms with E-state index in [9.17, 15) is 14.9 Å². The molecule has 2 aromatic heterocycles. The van der Waals surface area contributed by atoms with E-state index < -0.39 is 5.54 Å². The highest BCUT2D eigenvalue weighted by molar-refractivity contribution is 6.17. The van der Waals surface area contributed by atoms with Crippen molar-refractivity contribution < 1.29 is 9.59 Å². The second-order valence-corrected chi connectivity index (χ2v) is 13.5. The number of aliphatic imine (C=N–C) groups is 1. The van der Waals surface area contributed by atoms with Gasteiger partial charge < -0.3 is 9.13 Å². The lowest BCUT2D eigenvalue weighted by Gasteiger charge is -2.57. The predicted molar refractivity (Wildman–Crippen MR) is 156 cm³/mol. The van der Waals surface area contributed by atoms with Gasteiger partial charge in [-0.3, -0.25) is 19.5 Å². The van der Waals surface area contributed by atoms with Gasteiger partial charge in [-0.05, 0) is 73.8 Å². The Morgan fingerprint density at radius 3 is 1.95 bits per heavy atom. The van der Waals surface area contributed by atoms with Crippen LogP contribution in [0.1, 0.15) is 72.3 Å². The molecule has 8 rings (SSSR count). The summed E-state index contributed by atoms with van der Waals surface area (Å²) in [7, 11) is 3.87. The molecule has 216 valence electrons. The Labute approximate surface area is 246 Å². The molecule has 0 spiro atoms. The van der Waals surface area contributed by atoms with Crippen LogP contribution < -0.4 is 0 Å². The SMILES string of the molecule is Cn1cncc1CC1(Cc2cncn2C)N=C(CC(=O)c2ccc(C#N)cc2)N(CC23CC4CC(CC(C4)C2)C3)C1=O. The Balaban J connectivity index is 1.27. The van der Waals surface area contributed by atoms with Crippen LogP contribution in [0.5, 0.6) is 0 Å². The van der Waals surface area contributed by atoms with Gasteiger partial charge in [-0.25, -0.2) is 9.97 Å². The average Bonchev–Trinajstić information content (AvgIpc) is 3.62. The number of ketones is 1. The number of aryl methyl sites for hydroxylation is 2. The Morgan fingerprint density at radius 1 is 0.929 bits per heavy atom. The molecule has 4 aliphatic carbocycles. The van der Waals surface area contributed by atoms with E-state index in [1.165, 1.54) is 19.3 Å². The van der Waals surface area contributed by atoms with E-state index in [2.05, 4.69) is 16.0 Å². The van der Waals surface area contributed by atoms with Crippen molar-refractivity contribution in [2.45, 2.75) is 63.3 Å². The number of imidazole rings is 2. The number of nitriles is 1. The highest BCUT2D eigenvalue weighted by Crippen LogP contribution is 2.60. The van der Waals surface area contributed by atoms with E-state index in [0.29, 0.717) is 36.3 Å². The van der Waals surface area contributed by atoms with Gasteiger partial charge in [0.15, 0.2) is 11.3 Å². The van der Waals surface area contributed by atoms with Gasteiger partial charge >= 0.3 is 0 Å². The third-order valence-electron chi connectivity index (χ3n) is 10.4. The van der Waals surface area contributed by atoms with Gasteiger partial charge in [-0.15, -0.1) is 0 Å². The summed E-state index contributed by atoms with van der Waals surface area (Å²) in [6.45, 7) is 0.632. The fraction of sp³-hybridized carbons (Fsp3) is 0.515. The Hall–Kier alpha value is -4.06. The van der Waals surface area contributed by atoms with Gasteiger partial charge in [0.1, 0.15) is 5.84 Å². The first-order chi connectivity index (χ1) is 20.2. The Bertz CT molecular complexity index is 1530. The smallest absolute Gasteiger partial charge is 0.256 e. The summed E-state index contributed by atoms with van der Waals surface area (Å²) in [5.74, 6) is 2.70. The van der Waals surface area contributed by atoms with Crippen LogP contribution in [-0.2, 0) is 31.7 Å². The fourth-order valence-electron chi connectivity index (χ4n) is 8.82. The van der Waals surface area contributed by atoms with Gasteiger partial charge in [-0.1, -0.05) is 12.1 Å². The van der Waals surface area contributed by atoms with E-state index in [1.807, 2.05) is 28.1 Å². The van der Waals surface area contributed by atoms with Gasteiger partial charge in [-0.2, -0.15) is 5.26 Å². The van der Waals surface area contributed by atoms with Gasteiger partial charge in [0.05, 0.1) is 30.7 Å². The summed E-state index contributed by atoms with van der Waals surface area (Å²) in [5, 5.41) is 9.21. The standard InChI is InChI=1S/C33H37N7O2/c1-38-20-35-17-27(38)14-33(15-28-18-36-21-39(28)2)31(42)40(19-32-11-23-7-24(12-32)9-25(8-23)13-32)30(37-33)10-29(41)26-5-3-22(16-34)4-6-26/h3-6,17-18,20-21,23-25H,7-15,19H2,1-2H3. The first-order valence-electron chi connectivity index (χ1n) is 15.1. The maximum Gasteiger partial charge on any atom is 0.256 e. The van der Waals surface area contributed by atoms with Gasteiger partial charge in [0.25, 0.3) is 5.91 Å². The highest BCUT2D eigenvalue weighted by Gasteiger charge is 2.55. The molecule has 1 aromatic carbocycles. The summed E-state index contributed by atoms with van der Waals surface area (Å²) >= 11 is 0. The van der Waals surface area contributed by atoms with Crippen molar-refractivity contribution >= 4 is 17.5 Å². The maximum absolute atomic E-state index is 14.8. The number of aromatic nitrogens is 4. The molecule has 9 heteroatoms. The van der Waals surface area contributed by atoms with Crippen LogP contribution in [0.3, 0.4) is 0 Å². The van der Waals surface area contributed by atoms with E-state index >= 15 is 0 Å². The molecule has 4 fully saturated rings. The zero-order valence-corrected chi connectivity index (χ0v) is 24.4. The van der Waals surface area contributed by atoms with E-state index in [-0.39, 0.29) is 23.5 Å². The lowest BCUT2D eigenvalue weighted by Crippen LogP contribution is -2.54. The topological polar surface area (TPSA) is 109 Å². The number of Topliss-reactive ketones (excluding diaryl/α,β-unsaturated/α-hetero) is 1. The molecule has 4 bridgehead atoms. The summed E-state index contributed by atoms with van der Waals surface area (Å²) in [6.07, 6.45) is 15.4. The number of carbonyl (C=O) groups is 2. The van der Waals surface area contributed by atoms with Crippen LogP contribution in [0.15, 0.2) is 54.3 Å². The van der Waals surface area contributed by atoms with E-state index in [4.69, 9.17) is 4.99 Å². The molecule has 0 N–H and O–H groups in total. The molecule has 1 aliphatic heterocycles. The summed E-state index contributed by atoms with van der Waals surface area (Å²) in [6, 6.07) is 8.83. The first kappa shape index (κ1) is 26.8. The second kappa shape index (κ2) is 10.0. The molecule has 5 aliphatic rings. The molecule has 3 heterocycles. The molecule has 1 amide bonds. The molecule has 4 saturated carbocycles. The van der Waals surface area contributed by atoms with Gasteiger partial charge in [0.2, 0.25) is 0 Å². The molecule has 3 aromatic rings. The van der Waals surface area contributed by atoms with E-state index in [0.717, 1.165) is 48.4 Å². The molecular weight excluding hydrogens is 526 g/mol. The second-order valence-electron chi connectivity index (χ2n) is 13.5. The largest absolute Gasteiger partial charge is 0.338 e. The molecule has 9 nitrogen and oxygen atoms in total. The minimum absolute atomic E-state index is 0.0247. The molecule has 42 heavy (non-hydrogen) atoms. The number of amidine groups is 1. The molecule has 0 atom stereocenters. The number of rotatable bonds is 9. The zero-order valence-electron chi connectivity index (χ0n) is 24.4. The minimum atomic E-state index is -1.09. The fourth-order valence-corrected chi connectivity index (χ4v) is 8.82. The predicted octanol–water partition coefficient (Wildman–Crippen LogP) is 4.28. The van der Waals surface area contributed by atoms with Crippen molar-refractivity contribution in [2.75, 3.05) is 6.54 Å². The Morgan fingerprint density at radius 2 is 1.48 bits per heavy atom. The third kappa shape index (κ3) is 4.67. The number of amides is 1. The first-order valence-corrected chi connectivity index (χ1v) is 15.1. The number of hydrogen-bond acceptors (Lipinski definition) is 6. The number of nitrogens with zero attached hydrogens (tertiary/aromatic N) is 7. The van der Waals surface area contributed by atoms with E-state index in [1.54, 1.807) is 49.3 Å². The summed E-state index contributed by atoms with van der Waals surface area (Å²) in [4.78, 5) is 44.3. The lowest BCUT2D eigenvalue weighted by molar-refractivity contribution is -0.135. The maximum atomic E-state index is 14.8. The van der Waals surface area contributed by atoms with Crippen LogP contribution in [0.2, 0.25) is 0 Å². The van der Waals surface area contributed by atoms with Crippen molar-refractivity contribution in [1.82, 2.24) is 24.0 Å². The van der Waals surface area contributed by atoms with Crippen molar-refractivity contribution in [3.05, 3.63) is 71.8 Å². The van der Waals surface area contributed by atoms with Crippen LogP contribution >= 0.6 is 0 Å². The summed E-state index contributed by atoms with van der Waals surface area (Å²) < 4.78 is 3.88. The molecular formula is C33H37N7O2. The van der Waals surface area contributed by atoms with Crippen molar-refractivity contribution in [3.8, 4) is 6.07 Å². The van der Waals surface area contributed by atoms with Crippen LogP contribution in [-0.4, -0.2) is 53.6 Å². The lowest BCUT2D eigenvalue weighted by atomic mass is 9.49. The molecule has 0 radical (unpaired) electrons. The van der Waals surface area contributed by atoms with Crippen LogP contribution in [0.4, 0.5) is 0 Å². The minimum Gasteiger partial charge on any atom is -0.338 e. The number of carbonyl (C=O) groups excluding carboxylic acids is 2. The van der Waals surface area contributed by atoms with Crippen molar-refractivity contribution in [2.24, 2.45) is 42.3 Å². The summed E-state index contributed by atoms with van der Waals surface area (Å²) in [5.41, 5.74) is 1.87. The monoisotopic (exact) mass is 563 g/mol. The quantitative estimate of drug-likeness (QED) is 0.361.